The van der Waals surface area contributed by atoms with Crippen LogP contribution in [0.5, 0.6) is 0 Å². The number of hydrogen-bond acceptors (Lipinski definition) is 4. The van der Waals surface area contributed by atoms with Crippen LogP contribution in [-0.2, 0) is 26.8 Å². The third kappa shape index (κ3) is 4.90. The van der Waals surface area contributed by atoms with Crippen molar-refractivity contribution in [2.75, 3.05) is 13.6 Å². The van der Waals surface area contributed by atoms with Crippen LogP contribution in [0.3, 0.4) is 0 Å². The zero-order chi connectivity index (χ0) is 22.1. The summed E-state index contributed by atoms with van der Waals surface area (Å²) < 4.78 is 28.0. The summed E-state index contributed by atoms with van der Waals surface area (Å²) in [4.78, 5) is 15.0. The maximum Gasteiger partial charge on any atom is 0.243 e. The smallest absolute Gasteiger partial charge is 0.243 e. The van der Waals surface area contributed by atoms with Crippen molar-refractivity contribution in [2.24, 2.45) is 0 Å². The van der Waals surface area contributed by atoms with Crippen molar-refractivity contribution in [2.45, 2.75) is 55.3 Å². The zero-order valence-electron chi connectivity index (χ0n) is 17.9. The molecule has 7 heteroatoms. The van der Waals surface area contributed by atoms with Gasteiger partial charge in [0.15, 0.2) is 0 Å². The lowest BCUT2D eigenvalue weighted by molar-refractivity contribution is -0.133. The van der Waals surface area contributed by atoms with E-state index in [-0.39, 0.29) is 28.0 Å². The second kappa shape index (κ2) is 8.73. The second-order valence-corrected chi connectivity index (χ2v) is 11.6. The number of carbonyl (C=O) groups is 1. The Morgan fingerprint density at radius 3 is 2.27 bits per heavy atom. The van der Waals surface area contributed by atoms with Crippen molar-refractivity contribution >= 4 is 28.6 Å². The monoisotopic (exact) mass is 446 g/mol. The lowest BCUT2D eigenvalue weighted by atomic mass is 9.87. The van der Waals surface area contributed by atoms with E-state index in [2.05, 4.69) is 33.4 Å². The van der Waals surface area contributed by atoms with Crippen molar-refractivity contribution in [1.82, 2.24) is 9.21 Å². The molecule has 3 rings (SSSR count). The number of sulfonamides is 1. The third-order valence-electron chi connectivity index (χ3n) is 5.48. The minimum Gasteiger partial charge on any atom is -0.340 e. The molecule has 2 aromatic carbocycles. The van der Waals surface area contributed by atoms with Gasteiger partial charge in [-0.05, 0) is 35.1 Å². The quantitative estimate of drug-likeness (QED) is 0.713. The standard InChI is InChI=1S/C23H30N2O3S2/c1-23(2,3)18-10-12-20(13-11-18)30(27,28)25-16-19(29)14-21(25)22(26)24(4)15-17-8-6-5-7-9-17/h5-13,19,21,29H,14-16H2,1-4H3/t19-,21-/m0/s1. The predicted octanol–water partition coefficient (Wildman–Crippen LogP) is 3.70. The van der Waals surface area contributed by atoms with E-state index in [1.54, 1.807) is 24.1 Å². The fourth-order valence-electron chi connectivity index (χ4n) is 3.73. The molecule has 1 aliphatic heterocycles. The van der Waals surface area contributed by atoms with E-state index in [4.69, 9.17) is 0 Å². The molecule has 1 amide bonds. The first-order valence-corrected chi connectivity index (χ1v) is 12.0. The van der Waals surface area contributed by atoms with E-state index in [1.165, 1.54) is 4.31 Å². The molecular weight excluding hydrogens is 416 g/mol. The maximum atomic E-state index is 13.4. The highest BCUT2D eigenvalue weighted by atomic mass is 32.2. The van der Waals surface area contributed by atoms with Gasteiger partial charge in [0.1, 0.15) is 6.04 Å². The number of rotatable bonds is 5. The van der Waals surface area contributed by atoms with Gasteiger partial charge in [-0.1, -0.05) is 63.2 Å². The maximum absolute atomic E-state index is 13.4. The second-order valence-electron chi connectivity index (χ2n) is 8.93. The Morgan fingerprint density at radius 1 is 1.10 bits per heavy atom. The van der Waals surface area contributed by atoms with Gasteiger partial charge in [0, 0.05) is 25.4 Å². The van der Waals surface area contributed by atoms with Gasteiger partial charge in [-0.25, -0.2) is 8.42 Å². The Morgan fingerprint density at radius 2 is 1.70 bits per heavy atom. The van der Waals surface area contributed by atoms with E-state index in [9.17, 15) is 13.2 Å². The molecule has 1 saturated heterocycles. The van der Waals surface area contributed by atoms with Gasteiger partial charge < -0.3 is 4.90 Å². The Kier molecular flexibility index (Phi) is 6.65. The topological polar surface area (TPSA) is 57.7 Å². The summed E-state index contributed by atoms with van der Waals surface area (Å²) in [6, 6.07) is 15.9. The minimum atomic E-state index is -3.80. The first kappa shape index (κ1) is 22.8. The van der Waals surface area contributed by atoms with Gasteiger partial charge in [0.05, 0.1) is 4.90 Å². The molecule has 0 N–H and O–H groups in total. The average Bonchev–Trinajstić information content (AvgIpc) is 3.10. The van der Waals surface area contributed by atoms with Crippen LogP contribution in [0.15, 0.2) is 59.5 Å². The van der Waals surface area contributed by atoms with Crippen LogP contribution in [0.2, 0.25) is 0 Å². The normalized spacial score (nSPS) is 20.3. The SMILES string of the molecule is CN(Cc1ccccc1)C(=O)[C@@H]1C[C@H](S)CN1S(=O)(=O)c1ccc(C(C)(C)C)cc1. The largest absolute Gasteiger partial charge is 0.340 e. The average molecular weight is 447 g/mol. The summed E-state index contributed by atoms with van der Waals surface area (Å²) in [5.41, 5.74) is 2.00. The van der Waals surface area contributed by atoms with Gasteiger partial charge >= 0.3 is 0 Å². The molecule has 2 atom stereocenters. The van der Waals surface area contributed by atoms with Crippen LogP contribution in [0.25, 0.3) is 0 Å². The van der Waals surface area contributed by atoms with Crippen LogP contribution >= 0.6 is 12.6 Å². The van der Waals surface area contributed by atoms with Gasteiger partial charge in [-0.15, -0.1) is 0 Å². The first-order valence-electron chi connectivity index (χ1n) is 10.1. The summed E-state index contributed by atoms with van der Waals surface area (Å²) in [5.74, 6) is -0.203. The Balaban J connectivity index is 1.83. The molecule has 30 heavy (non-hydrogen) atoms. The number of benzene rings is 2. The summed E-state index contributed by atoms with van der Waals surface area (Å²) in [6.45, 7) is 6.91. The highest BCUT2D eigenvalue weighted by molar-refractivity contribution is 7.89. The molecule has 162 valence electrons. The van der Waals surface area contributed by atoms with Crippen LogP contribution in [0, 0.1) is 0 Å². The lowest BCUT2D eigenvalue weighted by Gasteiger charge is -2.28. The molecule has 0 unspecified atom stereocenters. The van der Waals surface area contributed by atoms with E-state index < -0.39 is 16.1 Å². The third-order valence-corrected chi connectivity index (χ3v) is 7.75. The summed E-state index contributed by atoms with van der Waals surface area (Å²) >= 11 is 4.49. The minimum absolute atomic E-state index is 0.0647. The zero-order valence-corrected chi connectivity index (χ0v) is 19.7. The van der Waals surface area contributed by atoms with E-state index in [1.807, 2.05) is 42.5 Å². The van der Waals surface area contributed by atoms with Crippen molar-refractivity contribution in [3.05, 3.63) is 65.7 Å². The number of likely N-dealkylation sites (N-methyl/N-ethyl adjacent to an activating group) is 1. The fourth-order valence-corrected chi connectivity index (χ4v) is 5.85. The van der Waals surface area contributed by atoms with Crippen LogP contribution in [0.1, 0.15) is 38.3 Å². The molecule has 0 radical (unpaired) electrons. The number of thiol groups is 1. The Bertz CT molecular complexity index is 983. The lowest BCUT2D eigenvalue weighted by Crippen LogP contribution is -2.46. The Labute approximate surface area is 185 Å². The Hall–Kier alpha value is -1.83. The van der Waals surface area contributed by atoms with E-state index in [0.717, 1.165) is 11.1 Å². The molecule has 2 aromatic rings. The first-order chi connectivity index (χ1) is 14.0. The van der Waals surface area contributed by atoms with E-state index in [0.29, 0.717) is 13.0 Å². The molecule has 1 aliphatic rings. The molecule has 0 bridgehead atoms. The number of hydrogen-bond donors (Lipinski definition) is 1. The van der Waals surface area contributed by atoms with Gasteiger partial charge in [0.25, 0.3) is 0 Å². The molecule has 0 saturated carbocycles. The molecule has 0 aliphatic carbocycles. The molecule has 0 aromatic heterocycles. The summed E-state index contributed by atoms with van der Waals surface area (Å²) in [7, 11) is -2.09. The van der Waals surface area contributed by atoms with Crippen molar-refractivity contribution in [3.63, 3.8) is 0 Å². The van der Waals surface area contributed by atoms with Gasteiger partial charge in [-0.2, -0.15) is 16.9 Å². The predicted molar refractivity (Wildman–Crippen MR) is 123 cm³/mol. The number of amides is 1. The van der Waals surface area contributed by atoms with Crippen molar-refractivity contribution in [1.29, 1.82) is 0 Å². The molecule has 1 fully saturated rings. The van der Waals surface area contributed by atoms with Crippen molar-refractivity contribution in [3.8, 4) is 0 Å². The summed E-state index contributed by atoms with van der Waals surface area (Å²) in [6.07, 6.45) is 0.403. The highest BCUT2D eigenvalue weighted by Gasteiger charge is 2.43. The molecular formula is C23H30N2O3S2. The van der Waals surface area contributed by atoms with Gasteiger partial charge in [0.2, 0.25) is 15.9 Å². The molecule has 5 nitrogen and oxygen atoms in total. The van der Waals surface area contributed by atoms with Crippen LogP contribution in [0.4, 0.5) is 0 Å². The number of nitrogens with zero attached hydrogens (tertiary/aromatic N) is 2. The van der Waals surface area contributed by atoms with E-state index >= 15 is 0 Å². The van der Waals surface area contributed by atoms with Crippen LogP contribution in [-0.4, -0.2) is 48.4 Å². The van der Waals surface area contributed by atoms with Gasteiger partial charge in [-0.3, -0.25) is 4.79 Å². The molecule has 0 spiro atoms. The summed E-state index contributed by atoms with van der Waals surface area (Å²) in [5, 5.41) is -0.173. The van der Waals surface area contributed by atoms with Crippen molar-refractivity contribution < 1.29 is 13.2 Å². The molecule has 1 heterocycles. The fraction of sp³-hybridized carbons (Fsp3) is 0.435. The van der Waals surface area contributed by atoms with Crippen LogP contribution < -0.4 is 0 Å². The number of carbonyl (C=O) groups excluding carboxylic acids is 1. The highest BCUT2D eigenvalue weighted by Crippen LogP contribution is 2.31.